The van der Waals surface area contributed by atoms with Gasteiger partial charge >= 0.3 is 0 Å². The van der Waals surface area contributed by atoms with Crippen LogP contribution in [-0.2, 0) is 0 Å². The fourth-order valence-corrected chi connectivity index (χ4v) is 9.09. The first-order valence-corrected chi connectivity index (χ1v) is 33.7. The van der Waals surface area contributed by atoms with Crippen molar-refractivity contribution in [2.45, 2.75) is 293 Å². The number of hydrogen-bond donors (Lipinski definition) is 5. The SMILES string of the molecule is CCCN(CCC)CCNC(C)(C)C.CCN(CC)CCCC(C)NC(C)(C)C.CCN(CC)CCCNC(C)(C)C.CCN(CC)CCN(CC)C(C)(C)C.CCN(CC)CCNC(C)(C)C.CCNCCN(CC)C(C)(C)C. The van der Waals surface area contributed by atoms with Crippen molar-refractivity contribution in [3.8, 4) is 0 Å². The summed E-state index contributed by atoms with van der Waals surface area (Å²) in [6.07, 6.45) is 6.34. The van der Waals surface area contributed by atoms with E-state index in [4.69, 9.17) is 0 Å². The monoisotopic (exact) mass is 1150 g/mol. The summed E-state index contributed by atoms with van der Waals surface area (Å²) in [5.41, 5.74) is 1.64. The van der Waals surface area contributed by atoms with Crippen LogP contribution in [0, 0.1) is 0 Å². The third kappa shape index (κ3) is 70.0. The predicted octanol–water partition coefficient (Wildman–Crippen LogP) is 13.4. The highest BCUT2D eigenvalue weighted by molar-refractivity contribution is 4.78. The number of likely N-dealkylation sites (N-methyl/N-ethyl adjacent to an activating group) is 5. The van der Waals surface area contributed by atoms with Gasteiger partial charge in [-0.25, -0.2) is 0 Å². The van der Waals surface area contributed by atoms with E-state index in [9.17, 15) is 0 Å². The van der Waals surface area contributed by atoms with Crippen LogP contribution in [0.3, 0.4) is 0 Å². The highest BCUT2D eigenvalue weighted by Gasteiger charge is 2.20. The summed E-state index contributed by atoms with van der Waals surface area (Å²) in [5, 5.41) is 17.5. The topological polar surface area (TPSA) is 82.8 Å². The summed E-state index contributed by atoms with van der Waals surface area (Å²) in [6.45, 7) is 99.4. The van der Waals surface area contributed by atoms with E-state index < -0.39 is 0 Å². The summed E-state index contributed by atoms with van der Waals surface area (Å²) in [6, 6.07) is 0.626. The zero-order chi connectivity index (χ0) is 63.7. The Bertz CT molecular complexity index is 1200. The van der Waals surface area contributed by atoms with Crippen molar-refractivity contribution >= 4 is 0 Å². The molecule has 0 aromatic heterocycles. The largest absolute Gasteiger partial charge is 0.316 e. The zero-order valence-corrected chi connectivity index (χ0v) is 61.7. The van der Waals surface area contributed by atoms with Gasteiger partial charge in [0.1, 0.15) is 0 Å². The van der Waals surface area contributed by atoms with Crippen molar-refractivity contribution in [1.82, 2.24) is 60.9 Å². The normalized spacial score (nSPS) is 12.9. The molecule has 5 N–H and O–H groups in total. The minimum Gasteiger partial charge on any atom is -0.316 e. The predicted molar refractivity (Wildman–Crippen MR) is 370 cm³/mol. The lowest BCUT2D eigenvalue weighted by Crippen LogP contribution is -2.45. The molecule has 1 unspecified atom stereocenters. The molecule has 12 heteroatoms. The Labute approximate surface area is 508 Å². The molecule has 0 bridgehead atoms. The Kier molecular flexibility index (Phi) is 61.2. The summed E-state index contributed by atoms with van der Waals surface area (Å²) >= 11 is 0. The lowest BCUT2D eigenvalue weighted by Gasteiger charge is -2.36. The maximum atomic E-state index is 3.61. The molecule has 0 aliphatic heterocycles. The molecule has 0 aromatic rings. The van der Waals surface area contributed by atoms with E-state index in [0.29, 0.717) is 17.1 Å². The van der Waals surface area contributed by atoms with Crippen LogP contribution in [0.25, 0.3) is 0 Å². The van der Waals surface area contributed by atoms with Crippen molar-refractivity contribution in [3.63, 3.8) is 0 Å². The van der Waals surface area contributed by atoms with Crippen LogP contribution in [0.5, 0.6) is 0 Å². The first kappa shape index (κ1) is 90.7. The van der Waals surface area contributed by atoms with Gasteiger partial charge in [0.25, 0.3) is 0 Å². The Hall–Kier alpha value is -0.480. The minimum atomic E-state index is 0.245. The molecular formula is C68H160N12. The minimum absolute atomic E-state index is 0.245. The van der Waals surface area contributed by atoms with E-state index in [1.807, 2.05) is 0 Å². The van der Waals surface area contributed by atoms with E-state index in [-0.39, 0.29) is 22.2 Å². The zero-order valence-electron chi connectivity index (χ0n) is 61.7. The highest BCUT2D eigenvalue weighted by Crippen LogP contribution is 2.13. The van der Waals surface area contributed by atoms with Crippen LogP contribution < -0.4 is 26.6 Å². The van der Waals surface area contributed by atoms with Gasteiger partial charge in [0.05, 0.1) is 0 Å². The van der Waals surface area contributed by atoms with Crippen molar-refractivity contribution in [2.24, 2.45) is 0 Å². The van der Waals surface area contributed by atoms with E-state index in [1.165, 1.54) is 104 Å². The smallest absolute Gasteiger partial charge is 0.0125 e. The van der Waals surface area contributed by atoms with Crippen LogP contribution in [0.1, 0.15) is 254 Å². The van der Waals surface area contributed by atoms with E-state index in [0.717, 1.165) is 85.1 Å². The van der Waals surface area contributed by atoms with Crippen LogP contribution in [0.2, 0.25) is 0 Å². The number of nitrogens with one attached hydrogen (secondary N) is 5. The van der Waals surface area contributed by atoms with Crippen molar-refractivity contribution in [2.75, 3.05) is 157 Å². The quantitative estimate of drug-likeness (QED) is 0.0388. The maximum absolute atomic E-state index is 3.61. The average molecular weight is 1150 g/mol. The molecule has 0 aliphatic carbocycles. The van der Waals surface area contributed by atoms with Gasteiger partial charge in [0, 0.05) is 91.6 Å². The van der Waals surface area contributed by atoms with Crippen molar-refractivity contribution < 1.29 is 0 Å². The molecule has 0 aliphatic rings. The van der Waals surface area contributed by atoms with Gasteiger partial charge in [-0.3, -0.25) is 9.80 Å². The third-order valence-electron chi connectivity index (χ3n) is 14.1. The second kappa shape index (κ2) is 54.0. The molecule has 0 saturated heterocycles. The van der Waals surface area contributed by atoms with Gasteiger partial charge in [0.15, 0.2) is 0 Å². The molecule has 0 rings (SSSR count). The Morgan fingerprint density at radius 3 is 0.938 bits per heavy atom. The van der Waals surface area contributed by atoms with Gasteiger partial charge in [-0.1, -0.05) is 90.0 Å². The molecule has 12 nitrogen and oxygen atoms in total. The van der Waals surface area contributed by atoms with Crippen molar-refractivity contribution in [1.29, 1.82) is 0 Å². The van der Waals surface area contributed by atoms with Gasteiger partial charge in [-0.15, -0.1) is 0 Å². The second-order valence-corrected chi connectivity index (χ2v) is 28.1. The number of nitrogens with zero attached hydrogens (tertiary/aromatic N) is 7. The molecule has 0 aromatic carbocycles. The molecule has 0 amide bonds. The molecule has 0 heterocycles. The lowest BCUT2D eigenvalue weighted by atomic mass is 10.1. The van der Waals surface area contributed by atoms with Crippen LogP contribution in [0.15, 0.2) is 0 Å². The average Bonchev–Trinajstić information content (AvgIpc) is 3.33. The lowest BCUT2D eigenvalue weighted by molar-refractivity contribution is 0.124. The summed E-state index contributed by atoms with van der Waals surface area (Å²) < 4.78 is 0. The maximum Gasteiger partial charge on any atom is 0.0125 e. The molecule has 0 spiro atoms. The highest BCUT2D eigenvalue weighted by atomic mass is 15.2. The van der Waals surface area contributed by atoms with E-state index >= 15 is 0 Å². The first-order chi connectivity index (χ1) is 36.8. The fraction of sp³-hybridized carbons (Fsp3) is 1.00. The number of hydrogen-bond acceptors (Lipinski definition) is 12. The Morgan fingerprint density at radius 1 is 0.300 bits per heavy atom. The fourth-order valence-electron chi connectivity index (χ4n) is 9.09. The van der Waals surface area contributed by atoms with Gasteiger partial charge in [-0.2, -0.15) is 0 Å². The standard InChI is InChI=1S/C13H30N2.2C12H28N2.C11H26N2.2C10H24N2/c1-7-15(8-2)11-9-10-12(3)14-13(4,5)6;1-7-13(8-2)10-11-14(9-3)12(4,5)6;1-6-9-14(10-7-2)11-8-13-12(3,4)5;1-6-13(7-2)10-8-9-12-11(3,4)5;1-6-12(7-2)9-8-11-10(3,4)5;1-6-11-8-9-12(7-2)10(3,4)5/h12,14H,7-11H2,1-6H3;7-11H2,1-6H3;13H,6-11H2,1-5H3;12H,6-10H2,1-5H3;2*11H,6-9H2,1-5H3. The molecule has 0 radical (unpaired) electrons. The summed E-state index contributed by atoms with van der Waals surface area (Å²) in [5.74, 6) is 0. The molecule has 80 heavy (non-hydrogen) atoms. The van der Waals surface area contributed by atoms with Gasteiger partial charge in [-0.05, 0) is 268 Å². The molecule has 492 valence electrons. The molecule has 0 saturated carbocycles. The first-order valence-electron chi connectivity index (χ1n) is 33.7. The van der Waals surface area contributed by atoms with Crippen LogP contribution >= 0.6 is 0 Å². The second-order valence-electron chi connectivity index (χ2n) is 28.1. The van der Waals surface area contributed by atoms with Crippen molar-refractivity contribution in [3.05, 3.63) is 0 Å². The summed E-state index contributed by atoms with van der Waals surface area (Å²) in [7, 11) is 0. The molecule has 0 fully saturated rings. The van der Waals surface area contributed by atoms with E-state index in [1.54, 1.807) is 0 Å². The van der Waals surface area contributed by atoms with Crippen LogP contribution in [-0.4, -0.2) is 231 Å². The Morgan fingerprint density at radius 2 is 0.625 bits per heavy atom. The Balaban J connectivity index is -0.000000206. The van der Waals surface area contributed by atoms with Gasteiger partial charge < -0.3 is 51.1 Å². The van der Waals surface area contributed by atoms with E-state index in [2.05, 4.69) is 282 Å². The number of rotatable bonds is 36. The molecular weight excluding hydrogens is 985 g/mol. The summed E-state index contributed by atoms with van der Waals surface area (Å²) in [4.78, 5) is 17.4. The van der Waals surface area contributed by atoms with Gasteiger partial charge in [0.2, 0.25) is 0 Å². The van der Waals surface area contributed by atoms with Crippen LogP contribution in [0.4, 0.5) is 0 Å². The molecule has 1 atom stereocenters. The third-order valence-corrected chi connectivity index (χ3v) is 14.1.